The van der Waals surface area contributed by atoms with Gasteiger partial charge in [0, 0.05) is 25.0 Å². The minimum atomic E-state index is -0.520. The molecule has 7 nitrogen and oxygen atoms in total. The van der Waals surface area contributed by atoms with Gasteiger partial charge in [0.2, 0.25) is 0 Å². The zero-order chi connectivity index (χ0) is 21.5. The van der Waals surface area contributed by atoms with Crippen molar-refractivity contribution in [3.8, 4) is 11.4 Å². The molecule has 1 N–H and O–H groups in total. The van der Waals surface area contributed by atoms with E-state index in [2.05, 4.69) is 25.3 Å². The van der Waals surface area contributed by atoms with Crippen molar-refractivity contribution in [3.63, 3.8) is 0 Å². The molecular formula is C23H23FN6O. The fraction of sp³-hybridized carbons (Fsp3) is 0.348. The lowest BCUT2D eigenvalue weighted by Gasteiger charge is -2.34. The van der Waals surface area contributed by atoms with E-state index in [9.17, 15) is 9.18 Å². The third kappa shape index (κ3) is 3.62. The highest BCUT2D eigenvalue weighted by atomic mass is 19.1. The van der Waals surface area contributed by atoms with Crippen LogP contribution in [0.15, 0.2) is 43.0 Å². The summed E-state index contributed by atoms with van der Waals surface area (Å²) in [6, 6.07) is 6.03. The Kier molecular flexibility index (Phi) is 4.84. The predicted molar refractivity (Wildman–Crippen MR) is 114 cm³/mol. The van der Waals surface area contributed by atoms with Crippen LogP contribution in [0.4, 0.5) is 10.2 Å². The molecule has 3 aromatic rings. The Morgan fingerprint density at radius 3 is 2.58 bits per heavy atom. The van der Waals surface area contributed by atoms with Gasteiger partial charge in [0.1, 0.15) is 11.5 Å². The number of hydrogen-bond acceptors (Lipinski definition) is 6. The summed E-state index contributed by atoms with van der Waals surface area (Å²) in [5.74, 6) is 0.922. The summed E-state index contributed by atoms with van der Waals surface area (Å²) in [6.07, 6.45) is 7.65. The van der Waals surface area contributed by atoms with Crippen LogP contribution in [0.25, 0.3) is 11.4 Å². The lowest BCUT2D eigenvalue weighted by Crippen LogP contribution is -2.48. The Hall–Kier alpha value is -3.42. The van der Waals surface area contributed by atoms with Crippen molar-refractivity contribution in [1.29, 1.82) is 0 Å². The Labute approximate surface area is 179 Å². The Balaban J connectivity index is 1.42. The van der Waals surface area contributed by atoms with Crippen molar-refractivity contribution in [1.82, 2.24) is 24.8 Å². The van der Waals surface area contributed by atoms with Crippen LogP contribution in [0.5, 0.6) is 0 Å². The summed E-state index contributed by atoms with van der Waals surface area (Å²) < 4.78 is 13.3. The molecule has 5 rings (SSSR count). The van der Waals surface area contributed by atoms with E-state index in [-0.39, 0.29) is 18.0 Å². The molecule has 4 heterocycles. The van der Waals surface area contributed by atoms with E-state index in [0.29, 0.717) is 29.5 Å². The van der Waals surface area contributed by atoms with Gasteiger partial charge in [-0.25, -0.2) is 19.3 Å². The van der Waals surface area contributed by atoms with Crippen LogP contribution >= 0.6 is 0 Å². The summed E-state index contributed by atoms with van der Waals surface area (Å²) in [6.45, 7) is 4.60. The SMILES string of the molecule is Cc1ccc(NC2CC3CC2N(C(=O)c2nccc(C)c2-c2ncc(F)cn2)C3)nc1. The van der Waals surface area contributed by atoms with Crippen LogP contribution in [-0.2, 0) is 0 Å². The number of pyridine rings is 2. The zero-order valence-electron chi connectivity index (χ0n) is 17.4. The second-order valence-electron chi connectivity index (χ2n) is 8.41. The second kappa shape index (κ2) is 7.68. The average molecular weight is 418 g/mol. The van der Waals surface area contributed by atoms with Gasteiger partial charge in [0.15, 0.2) is 11.6 Å². The summed E-state index contributed by atoms with van der Waals surface area (Å²) in [7, 11) is 0. The number of halogens is 1. The van der Waals surface area contributed by atoms with Crippen molar-refractivity contribution in [2.75, 3.05) is 11.9 Å². The number of rotatable bonds is 4. The highest BCUT2D eigenvalue weighted by molar-refractivity contribution is 5.99. The first-order chi connectivity index (χ1) is 15.0. The largest absolute Gasteiger partial charge is 0.365 e. The van der Waals surface area contributed by atoms with Gasteiger partial charge in [-0.05, 0) is 55.9 Å². The van der Waals surface area contributed by atoms with Gasteiger partial charge in [-0.3, -0.25) is 9.78 Å². The second-order valence-corrected chi connectivity index (χ2v) is 8.41. The van der Waals surface area contributed by atoms with E-state index < -0.39 is 5.82 Å². The standard InChI is InChI=1S/C23H23FN6O/c1-13-3-4-19(26-9-13)29-17-7-15-8-18(17)30(12-15)23(31)21-20(14(2)5-6-25-21)22-27-10-16(24)11-28-22/h3-6,9-11,15,17-18H,7-8,12H2,1-2H3,(H,26,29). The number of aromatic nitrogens is 4. The van der Waals surface area contributed by atoms with Crippen molar-refractivity contribution in [2.45, 2.75) is 38.8 Å². The number of carbonyl (C=O) groups excluding carboxylic acids is 1. The normalized spacial score (nSPS) is 22.0. The van der Waals surface area contributed by atoms with Gasteiger partial charge in [0.05, 0.1) is 24.0 Å². The van der Waals surface area contributed by atoms with E-state index in [1.54, 1.807) is 6.20 Å². The van der Waals surface area contributed by atoms with Crippen LogP contribution in [0, 0.1) is 25.6 Å². The molecule has 8 heteroatoms. The highest BCUT2D eigenvalue weighted by Gasteiger charge is 2.47. The monoisotopic (exact) mass is 418 g/mol. The maximum absolute atomic E-state index is 13.6. The number of carbonyl (C=O) groups is 1. The van der Waals surface area contributed by atoms with Gasteiger partial charge in [-0.2, -0.15) is 0 Å². The lowest BCUT2D eigenvalue weighted by molar-refractivity contribution is 0.0686. The molecule has 0 spiro atoms. The summed E-state index contributed by atoms with van der Waals surface area (Å²) >= 11 is 0. The Morgan fingerprint density at radius 2 is 1.87 bits per heavy atom. The van der Waals surface area contributed by atoms with Crippen molar-refractivity contribution < 1.29 is 9.18 Å². The molecule has 31 heavy (non-hydrogen) atoms. The highest BCUT2D eigenvalue weighted by Crippen LogP contribution is 2.40. The number of aryl methyl sites for hydroxylation is 2. The maximum Gasteiger partial charge on any atom is 0.273 e. The molecule has 0 radical (unpaired) electrons. The molecule has 1 aliphatic carbocycles. The summed E-state index contributed by atoms with van der Waals surface area (Å²) in [5.41, 5.74) is 2.80. The molecule has 1 amide bonds. The van der Waals surface area contributed by atoms with Gasteiger partial charge in [0.25, 0.3) is 5.91 Å². The topological polar surface area (TPSA) is 83.9 Å². The quantitative estimate of drug-likeness (QED) is 0.699. The molecule has 3 atom stereocenters. The van der Waals surface area contributed by atoms with Crippen LogP contribution in [0.1, 0.15) is 34.5 Å². The summed E-state index contributed by atoms with van der Waals surface area (Å²) in [4.78, 5) is 32.5. The minimum Gasteiger partial charge on any atom is -0.365 e. The fourth-order valence-corrected chi connectivity index (χ4v) is 4.74. The van der Waals surface area contributed by atoms with Gasteiger partial charge < -0.3 is 10.2 Å². The molecule has 1 saturated heterocycles. The van der Waals surface area contributed by atoms with Crippen LogP contribution < -0.4 is 5.32 Å². The maximum atomic E-state index is 13.6. The number of anilines is 1. The minimum absolute atomic E-state index is 0.0740. The first-order valence-corrected chi connectivity index (χ1v) is 10.4. The zero-order valence-corrected chi connectivity index (χ0v) is 17.4. The molecule has 3 aromatic heterocycles. The number of fused-ring (bicyclic) bond motifs is 2. The number of piperidine rings is 1. The van der Waals surface area contributed by atoms with Crippen LogP contribution in [-0.4, -0.2) is 49.4 Å². The van der Waals surface area contributed by atoms with Gasteiger partial charge >= 0.3 is 0 Å². The van der Waals surface area contributed by atoms with E-state index in [0.717, 1.165) is 42.2 Å². The van der Waals surface area contributed by atoms with E-state index >= 15 is 0 Å². The first kappa shape index (κ1) is 19.5. The van der Waals surface area contributed by atoms with Crippen LogP contribution in [0.2, 0.25) is 0 Å². The molecule has 2 bridgehead atoms. The van der Waals surface area contributed by atoms with Crippen molar-refractivity contribution in [2.24, 2.45) is 5.92 Å². The molecule has 1 aliphatic heterocycles. The van der Waals surface area contributed by atoms with Crippen molar-refractivity contribution in [3.05, 3.63) is 65.6 Å². The molecule has 1 saturated carbocycles. The average Bonchev–Trinajstić information content (AvgIpc) is 3.36. The van der Waals surface area contributed by atoms with Gasteiger partial charge in [-0.1, -0.05) is 6.07 Å². The van der Waals surface area contributed by atoms with E-state index in [1.165, 1.54) is 0 Å². The first-order valence-electron chi connectivity index (χ1n) is 10.4. The number of nitrogens with zero attached hydrogens (tertiary/aromatic N) is 5. The third-order valence-corrected chi connectivity index (χ3v) is 6.19. The third-order valence-electron chi connectivity index (χ3n) is 6.19. The molecule has 2 aliphatic rings. The van der Waals surface area contributed by atoms with Gasteiger partial charge in [-0.15, -0.1) is 0 Å². The van der Waals surface area contributed by atoms with Crippen molar-refractivity contribution >= 4 is 11.7 Å². The number of likely N-dealkylation sites (tertiary alicyclic amines) is 1. The number of nitrogens with one attached hydrogen (secondary N) is 1. The lowest BCUT2D eigenvalue weighted by atomic mass is 10.0. The van der Waals surface area contributed by atoms with E-state index in [4.69, 9.17) is 0 Å². The Morgan fingerprint density at radius 1 is 1.06 bits per heavy atom. The smallest absolute Gasteiger partial charge is 0.273 e. The molecule has 0 aromatic carbocycles. The molecular weight excluding hydrogens is 395 g/mol. The molecule has 3 unspecified atom stereocenters. The molecule has 2 fully saturated rings. The number of amides is 1. The predicted octanol–water partition coefficient (Wildman–Crippen LogP) is 3.40. The number of hydrogen-bond donors (Lipinski definition) is 1. The Bertz CT molecular complexity index is 1120. The van der Waals surface area contributed by atoms with Crippen LogP contribution in [0.3, 0.4) is 0 Å². The fourth-order valence-electron chi connectivity index (χ4n) is 4.74. The molecule has 158 valence electrons. The summed E-state index contributed by atoms with van der Waals surface area (Å²) in [5, 5.41) is 3.51. The van der Waals surface area contributed by atoms with E-state index in [1.807, 2.05) is 43.1 Å².